The maximum Gasteiger partial charge on any atom is 0.321 e. The molecule has 0 amide bonds. The van der Waals surface area contributed by atoms with Crippen LogP contribution in [0.2, 0.25) is 0 Å². The number of fused-ring (bicyclic) bond motifs is 1. The van der Waals surface area contributed by atoms with Crippen molar-refractivity contribution >= 4 is 16.7 Å². The van der Waals surface area contributed by atoms with Gasteiger partial charge in [0.15, 0.2) is 0 Å². The van der Waals surface area contributed by atoms with Crippen molar-refractivity contribution in [2.45, 2.75) is 18.9 Å². The van der Waals surface area contributed by atoms with Crippen molar-refractivity contribution in [3.8, 4) is 0 Å². The molecular weight excluding hydrogens is 214 g/mol. The molecule has 0 aliphatic carbocycles. The van der Waals surface area contributed by atoms with Crippen LogP contribution in [0.3, 0.4) is 0 Å². The molecule has 0 aliphatic heterocycles. The molecule has 3 nitrogen and oxygen atoms in total. The van der Waals surface area contributed by atoms with Gasteiger partial charge in [-0.15, -0.1) is 0 Å². The first-order valence-corrected chi connectivity index (χ1v) is 5.57. The molecule has 0 saturated heterocycles. The van der Waals surface area contributed by atoms with Gasteiger partial charge in [-0.05, 0) is 16.3 Å². The lowest BCUT2D eigenvalue weighted by atomic mass is 9.90. The summed E-state index contributed by atoms with van der Waals surface area (Å²) in [5.41, 5.74) is 6.67. The number of carbonyl (C=O) groups is 1. The minimum Gasteiger partial charge on any atom is -0.480 e. The summed E-state index contributed by atoms with van der Waals surface area (Å²) in [5, 5.41) is 11.1. The van der Waals surface area contributed by atoms with Crippen molar-refractivity contribution in [2.75, 3.05) is 0 Å². The van der Waals surface area contributed by atoms with Crippen LogP contribution in [0.1, 0.15) is 18.4 Å². The Kier molecular flexibility index (Phi) is 3.11. The highest BCUT2D eigenvalue weighted by molar-refractivity contribution is 5.87. The third-order valence-corrected chi connectivity index (χ3v) is 3.14. The third-order valence-electron chi connectivity index (χ3n) is 3.14. The zero-order chi connectivity index (χ0) is 12.4. The maximum atomic E-state index is 10.9. The highest BCUT2D eigenvalue weighted by Gasteiger charge is 2.22. The molecule has 0 aromatic heterocycles. The molecule has 3 N–H and O–H groups in total. The summed E-state index contributed by atoms with van der Waals surface area (Å²) in [5.74, 6) is -1.18. The predicted octanol–water partition coefficient (Wildman–Crippen LogP) is 2.36. The summed E-state index contributed by atoms with van der Waals surface area (Å²) in [6.07, 6.45) is 0. The van der Waals surface area contributed by atoms with Crippen LogP contribution in [-0.4, -0.2) is 17.1 Å². The molecule has 0 radical (unpaired) electrons. The minimum absolute atomic E-state index is 0.210. The van der Waals surface area contributed by atoms with E-state index in [0.717, 1.165) is 16.3 Å². The zero-order valence-electron chi connectivity index (χ0n) is 9.63. The van der Waals surface area contributed by atoms with Crippen molar-refractivity contribution in [1.29, 1.82) is 0 Å². The van der Waals surface area contributed by atoms with E-state index in [4.69, 9.17) is 10.8 Å². The van der Waals surface area contributed by atoms with Crippen LogP contribution >= 0.6 is 0 Å². The van der Waals surface area contributed by atoms with Crippen molar-refractivity contribution in [3.63, 3.8) is 0 Å². The SMILES string of the molecule is C[C@H](c1cccc2ccccc12)[C@H](N)C(=O)O. The second-order valence-electron chi connectivity index (χ2n) is 4.22. The Balaban J connectivity index is 2.52. The van der Waals surface area contributed by atoms with Gasteiger partial charge in [-0.1, -0.05) is 49.4 Å². The fourth-order valence-corrected chi connectivity index (χ4v) is 2.05. The van der Waals surface area contributed by atoms with E-state index >= 15 is 0 Å². The third kappa shape index (κ3) is 2.15. The van der Waals surface area contributed by atoms with Crippen LogP contribution in [-0.2, 0) is 4.79 Å². The molecule has 2 aromatic rings. The molecule has 2 aromatic carbocycles. The van der Waals surface area contributed by atoms with E-state index < -0.39 is 12.0 Å². The van der Waals surface area contributed by atoms with E-state index in [1.165, 1.54) is 0 Å². The van der Waals surface area contributed by atoms with Gasteiger partial charge in [0, 0.05) is 5.92 Å². The van der Waals surface area contributed by atoms with Gasteiger partial charge < -0.3 is 10.8 Å². The number of aliphatic carboxylic acids is 1. The average Bonchev–Trinajstić information content (AvgIpc) is 2.36. The molecule has 88 valence electrons. The Bertz CT molecular complexity index is 545. The zero-order valence-corrected chi connectivity index (χ0v) is 9.63. The van der Waals surface area contributed by atoms with Gasteiger partial charge >= 0.3 is 5.97 Å². The minimum atomic E-state index is -0.967. The van der Waals surface area contributed by atoms with E-state index in [1.54, 1.807) is 0 Å². The molecule has 3 heteroatoms. The molecule has 0 bridgehead atoms. The molecule has 0 spiro atoms. The Morgan fingerprint density at radius 2 is 1.82 bits per heavy atom. The Hall–Kier alpha value is -1.87. The molecule has 0 unspecified atom stereocenters. The molecule has 0 heterocycles. The first-order chi connectivity index (χ1) is 8.11. The molecule has 2 atom stereocenters. The number of nitrogens with two attached hydrogens (primary N) is 1. The van der Waals surface area contributed by atoms with Crippen molar-refractivity contribution in [3.05, 3.63) is 48.0 Å². The van der Waals surface area contributed by atoms with Gasteiger partial charge in [0.2, 0.25) is 0 Å². The van der Waals surface area contributed by atoms with Crippen LogP contribution in [0.4, 0.5) is 0 Å². The molecule has 0 saturated carbocycles. The molecule has 2 rings (SSSR count). The molecule has 17 heavy (non-hydrogen) atoms. The summed E-state index contributed by atoms with van der Waals surface area (Å²) < 4.78 is 0. The summed E-state index contributed by atoms with van der Waals surface area (Å²) in [6, 6.07) is 12.9. The summed E-state index contributed by atoms with van der Waals surface area (Å²) >= 11 is 0. The lowest BCUT2D eigenvalue weighted by molar-refractivity contribution is -0.138. The fourth-order valence-electron chi connectivity index (χ4n) is 2.05. The largest absolute Gasteiger partial charge is 0.480 e. The number of hydrogen-bond acceptors (Lipinski definition) is 2. The van der Waals surface area contributed by atoms with E-state index in [-0.39, 0.29) is 5.92 Å². The van der Waals surface area contributed by atoms with Crippen molar-refractivity contribution in [1.82, 2.24) is 0 Å². The van der Waals surface area contributed by atoms with Gasteiger partial charge in [0.05, 0.1) is 0 Å². The van der Waals surface area contributed by atoms with Crippen LogP contribution in [0.5, 0.6) is 0 Å². The topological polar surface area (TPSA) is 63.3 Å². The number of carboxylic acid groups (broad SMARTS) is 1. The quantitative estimate of drug-likeness (QED) is 0.849. The van der Waals surface area contributed by atoms with E-state index in [1.807, 2.05) is 49.4 Å². The van der Waals surface area contributed by atoms with Gasteiger partial charge in [-0.2, -0.15) is 0 Å². The number of hydrogen-bond donors (Lipinski definition) is 2. The maximum absolute atomic E-state index is 10.9. The Labute approximate surface area is 99.9 Å². The summed E-state index contributed by atoms with van der Waals surface area (Å²) in [6.45, 7) is 1.85. The predicted molar refractivity (Wildman–Crippen MR) is 68.0 cm³/mol. The van der Waals surface area contributed by atoms with E-state index in [0.29, 0.717) is 0 Å². The molecule has 0 aliphatic rings. The second kappa shape index (κ2) is 4.55. The van der Waals surface area contributed by atoms with Gasteiger partial charge in [-0.3, -0.25) is 4.79 Å². The highest BCUT2D eigenvalue weighted by atomic mass is 16.4. The monoisotopic (exact) mass is 229 g/mol. The van der Waals surface area contributed by atoms with Gasteiger partial charge in [0.1, 0.15) is 6.04 Å². The molecular formula is C14H15NO2. The Morgan fingerprint density at radius 3 is 2.53 bits per heavy atom. The standard InChI is InChI=1S/C14H15NO2/c1-9(13(15)14(16)17)11-8-4-6-10-5-2-3-7-12(10)11/h2-9,13H,15H2,1H3,(H,16,17)/t9-,13+/m1/s1. The van der Waals surface area contributed by atoms with Crippen molar-refractivity contribution < 1.29 is 9.90 Å². The van der Waals surface area contributed by atoms with Crippen LogP contribution in [0.25, 0.3) is 10.8 Å². The van der Waals surface area contributed by atoms with Crippen LogP contribution in [0, 0.1) is 0 Å². The van der Waals surface area contributed by atoms with Crippen LogP contribution < -0.4 is 5.73 Å². The lowest BCUT2D eigenvalue weighted by Crippen LogP contribution is -2.35. The fraction of sp³-hybridized carbons (Fsp3) is 0.214. The summed E-state index contributed by atoms with van der Waals surface area (Å²) in [7, 11) is 0. The lowest BCUT2D eigenvalue weighted by Gasteiger charge is -2.18. The number of benzene rings is 2. The summed E-state index contributed by atoms with van der Waals surface area (Å²) in [4.78, 5) is 10.9. The van der Waals surface area contributed by atoms with Crippen LogP contribution in [0.15, 0.2) is 42.5 Å². The highest BCUT2D eigenvalue weighted by Crippen LogP contribution is 2.27. The number of rotatable bonds is 3. The normalized spacial score (nSPS) is 14.5. The molecule has 0 fully saturated rings. The van der Waals surface area contributed by atoms with Gasteiger partial charge in [-0.25, -0.2) is 0 Å². The first kappa shape index (κ1) is 11.6. The average molecular weight is 229 g/mol. The Morgan fingerprint density at radius 1 is 1.18 bits per heavy atom. The smallest absolute Gasteiger partial charge is 0.321 e. The van der Waals surface area contributed by atoms with Gasteiger partial charge in [0.25, 0.3) is 0 Å². The second-order valence-corrected chi connectivity index (χ2v) is 4.22. The van der Waals surface area contributed by atoms with Crippen molar-refractivity contribution in [2.24, 2.45) is 5.73 Å². The van der Waals surface area contributed by atoms with E-state index in [2.05, 4.69) is 0 Å². The number of carboxylic acids is 1. The van der Waals surface area contributed by atoms with E-state index in [9.17, 15) is 4.79 Å². The first-order valence-electron chi connectivity index (χ1n) is 5.57.